The Hall–Kier alpha value is -2.13. The molecular formula is C11H9N3. The van der Waals surface area contributed by atoms with Gasteiger partial charge in [-0.1, -0.05) is 12.2 Å². The van der Waals surface area contributed by atoms with E-state index in [4.69, 9.17) is 10.5 Å². The summed E-state index contributed by atoms with van der Waals surface area (Å²) < 4.78 is 0. The molecule has 0 aliphatic carbocycles. The molecule has 0 saturated heterocycles. The molecule has 0 radical (unpaired) electrons. The van der Waals surface area contributed by atoms with Crippen molar-refractivity contribution in [1.29, 1.82) is 10.5 Å². The van der Waals surface area contributed by atoms with Crippen molar-refractivity contribution in [3.05, 3.63) is 35.2 Å². The Labute approximate surface area is 82.9 Å². The van der Waals surface area contributed by atoms with Gasteiger partial charge in [-0.25, -0.2) is 4.98 Å². The monoisotopic (exact) mass is 183 g/mol. The number of pyridine rings is 1. The average Bonchev–Trinajstić information content (AvgIpc) is 2.18. The second-order valence-corrected chi connectivity index (χ2v) is 2.81. The van der Waals surface area contributed by atoms with E-state index >= 15 is 0 Å². The number of allylic oxidation sites excluding steroid dienone is 1. The number of aromatic nitrogens is 1. The molecule has 0 spiro atoms. The summed E-state index contributed by atoms with van der Waals surface area (Å²) in [6, 6.07) is 5.89. The van der Waals surface area contributed by atoms with Crippen LogP contribution in [0.15, 0.2) is 18.3 Å². The van der Waals surface area contributed by atoms with Crippen LogP contribution in [0, 0.1) is 29.6 Å². The van der Waals surface area contributed by atoms with Gasteiger partial charge in [0.1, 0.15) is 11.8 Å². The Kier molecular flexibility index (Phi) is 3.41. The number of nitrogens with zero attached hydrogens (tertiary/aromatic N) is 3. The van der Waals surface area contributed by atoms with Crippen LogP contribution >= 0.6 is 0 Å². The lowest BCUT2D eigenvalue weighted by Crippen LogP contribution is -1.88. The summed E-state index contributed by atoms with van der Waals surface area (Å²) in [6.07, 6.45) is 5.60. The smallest absolute Gasteiger partial charge is 0.143 e. The zero-order chi connectivity index (χ0) is 10.4. The van der Waals surface area contributed by atoms with E-state index in [1.165, 1.54) is 0 Å². The first-order valence-electron chi connectivity index (χ1n) is 4.18. The molecule has 0 aliphatic heterocycles. The van der Waals surface area contributed by atoms with Crippen molar-refractivity contribution in [3.63, 3.8) is 0 Å². The van der Waals surface area contributed by atoms with Gasteiger partial charge in [-0.3, -0.25) is 0 Å². The fourth-order valence-electron chi connectivity index (χ4n) is 1.05. The second kappa shape index (κ2) is 4.79. The summed E-state index contributed by atoms with van der Waals surface area (Å²) in [6.45, 7) is 1.84. The van der Waals surface area contributed by atoms with E-state index in [0.717, 1.165) is 11.1 Å². The maximum Gasteiger partial charge on any atom is 0.143 e. The lowest BCUT2D eigenvalue weighted by atomic mass is 10.1. The number of hydrogen-bond acceptors (Lipinski definition) is 3. The van der Waals surface area contributed by atoms with Crippen LogP contribution in [0.5, 0.6) is 0 Å². The van der Waals surface area contributed by atoms with Gasteiger partial charge in [-0.2, -0.15) is 10.5 Å². The normalized spacial score (nSPS) is 9.64. The van der Waals surface area contributed by atoms with Crippen LogP contribution in [0.25, 0.3) is 6.08 Å². The van der Waals surface area contributed by atoms with Crippen LogP contribution in [0.2, 0.25) is 0 Å². The molecule has 68 valence electrons. The highest BCUT2D eigenvalue weighted by Gasteiger charge is 1.97. The first-order chi connectivity index (χ1) is 6.77. The molecule has 3 heteroatoms. The van der Waals surface area contributed by atoms with Crippen LogP contribution in [-0.4, -0.2) is 4.98 Å². The highest BCUT2D eigenvalue weighted by molar-refractivity contribution is 5.50. The van der Waals surface area contributed by atoms with Gasteiger partial charge in [0.15, 0.2) is 0 Å². The van der Waals surface area contributed by atoms with E-state index in [0.29, 0.717) is 12.1 Å². The van der Waals surface area contributed by atoms with E-state index in [1.807, 2.05) is 31.2 Å². The molecule has 0 amide bonds. The molecule has 0 fully saturated rings. The van der Waals surface area contributed by atoms with Gasteiger partial charge in [-0.15, -0.1) is 0 Å². The topological polar surface area (TPSA) is 60.5 Å². The molecule has 1 rings (SSSR count). The fourth-order valence-corrected chi connectivity index (χ4v) is 1.05. The van der Waals surface area contributed by atoms with E-state index in [-0.39, 0.29) is 0 Å². The maximum absolute atomic E-state index is 8.65. The molecular weight excluding hydrogens is 174 g/mol. The van der Waals surface area contributed by atoms with Gasteiger partial charge in [0, 0.05) is 6.20 Å². The third-order valence-corrected chi connectivity index (χ3v) is 1.72. The number of nitriles is 2. The third kappa shape index (κ3) is 2.43. The zero-order valence-electron chi connectivity index (χ0n) is 7.86. The van der Waals surface area contributed by atoms with Crippen molar-refractivity contribution in [2.24, 2.45) is 0 Å². The molecule has 0 bridgehead atoms. The Morgan fingerprint density at radius 2 is 2.29 bits per heavy atom. The average molecular weight is 183 g/mol. The Morgan fingerprint density at radius 3 is 2.86 bits per heavy atom. The number of hydrogen-bond donors (Lipinski definition) is 0. The summed E-state index contributed by atoms with van der Waals surface area (Å²) in [5.74, 6) is 0. The van der Waals surface area contributed by atoms with Gasteiger partial charge < -0.3 is 0 Å². The minimum Gasteiger partial charge on any atom is -0.245 e. The summed E-state index contributed by atoms with van der Waals surface area (Å²) in [7, 11) is 0. The molecule has 1 heterocycles. The predicted molar refractivity (Wildman–Crippen MR) is 53.0 cm³/mol. The Bertz CT molecular complexity index is 433. The van der Waals surface area contributed by atoms with E-state index in [9.17, 15) is 0 Å². The van der Waals surface area contributed by atoms with E-state index in [2.05, 4.69) is 4.98 Å². The molecule has 0 N–H and O–H groups in total. The van der Waals surface area contributed by atoms with Crippen LogP contribution in [0.1, 0.15) is 23.2 Å². The summed E-state index contributed by atoms with van der Waals surface area (Å²) in [5.41, 5.74) is 2.21. The largest absolute Gasteiger partial charge is 0.245 e. The van der Waals surface area contributed by atoms with Gasteiger partial charge in [-0.05, 0) is 24.1 Å². The van der Waals surface area contributed by atoms with E-state index < -0.39 is 0 Å². The van der Waals surface area contributed by atoms with Crippen molar-refractivity contribution >= 4 is 6.08 Å². The van der Waals surface area contributed by atoms with Gasteiger partial charge in [0.2, 0.25) is 0 Å². The van der Waals surface area contributed by atoms with Crippen LogP contribution < -0.4 is 0 Å². The predicted octanol–water partition coefficient (Wildman–Crippen LogP) is 2.19. The number of rotatable bonds is 2. The van der Waals surface area contributed by atoms with Gasteiger partial charge >= 0.3 is 0 Å². The summed E-state index contributed by atoms with van der Waals surface area (Å²) >= 11 is 0. The standard InChI is InChI=1S/C11H9N3/c1-9-6-10(4-2-3-5-12)8-14-11(9)7-13/h2,4,6,8H,3H2,1H3. The van der Waals surface area contributed by atoms with Gasteiger partial charge in [0.05, 0.1) is 12.5 Å². The minimum absolute atomic E-state index is 0.388. The van der Waals surface area contributed by atoms with Gasteiger partial charge in [0.25, 0.3) is 0 Å². The van der Waals surface area contributed by atoms with Crippen molar-refractivity contribution in [2.45, 2.75) is 13.3 Å². The minimum atomic E-state index is 0.388. The molecule has 0 unspecified atom stereocenters. The number of aryl methyl sites for hydroxylation is 1. The molecule has 0 atom stereocenters. The van der Waals surface area contributed by atoms with Crippen LogP contribution in [0.3, 0.4) is 0 Å². The quantitative estimate of drug-likeness (QED) is 0.706. The first-order valence-corrected chi connectivity index (χ1v) is 4.18. The molecule has 0 saturated carbocycles. The lowest BCUT2D eigenvalue weighted by Gasteiger charge is -1.97. The second-order valence-electron chi connectivity index (χ2n) is 2.81. The maximum atomic E-state index is 8.65. The molecule has 14 heavy (non-hydrogen) atoms. The first kappa shape index (κ1) is 9.95. The van der Waals surface area contributed by atoms with Crippen molar-refractivity contribution in [1.82, 2.24) is 4.98 Å². The molecule has 1 aromatic heterocycles. The molecule has 0 aromatic carbocycles. The lowest BCUT2D eigenvalue weighted by molar-refractivity contribution is 1.20. The summed E-state index contributed by atoms with van der Waals surface area (Å²) in [5, 5.41) is 17.0. The van der Waals surface area contributed by atoms with Crippen molar-refractivity contribution in [2.75, 3.05) is 0 Å². The Balaban J connectivity index is 2.89. The van der Waals surface area contributed by atoms with Crippen LogP contribution in [0.4, 0.5) is 0 Å². The fraction of sp³-hybridized carbons (Fsp3) is 0.182. The SMILES string of the molecule is Cc1cc(C=CCC#N)cnc1C#N. The third-order valence-electron chi connectivity index (χ3n) is 1.72. The summed E-state index contributed by atoms with van der Waals surface area (Å²) in [4.78, 5) is 3.98. The molecule has 3 nitrogen and oxygen atoms in total. The van der Waals surface area contributed by atoms with Crippen molar-refractivity contribution in [3.8, 4) is 12.1 Å². The molecule has 0 aliphatic rings. The highest BCUT2D eigenvalue weighted by Crippen LogP contribution is 2.08. The van der Waals surface area contributed by atoms with E-state index in [1.54, 1.807) is 12.3 Å². The van der Waals surface area contributed by atoms with Crippen LogP contribution in [-0.2, 0) is 0 Å². The van der Waals surface area contributed by atoms with Crippen molar-refractivity contribution < 1.29 is 0 Å². The zero-order valence-corrected chi connectivity index (χ0v) is 7.86. The highest BCUT2D eigenvalue weighted by atomic mass is 14.7. The molecule has 1 aromatic rings. The Morgan fingerprint density at radius 1 is 1.50 bits per heavy atom.